The minimum Gasteiger partial charge on any atom is -0.285 e. The highest BCUT2D eigenvalue weighted by Gasteiger charge is 2.51. The van der Waals surface area contributed by atoms with Crippen molar-refractivity contribution in [3.63, 3.8) is 0 Å². The summed E-state index contributed by atoms with van der Waals surface area (Å²) in [5, 5.41) is -1.64. The predicted molar refractivity (Wildman–Crippen MR) is 33.2 cm³/mol. The van der Waals surface area contributed by atoms with Gasteiger partial charge in [-0.15, -0.1) is 0 Å². The first-order valence-corrected chi connectivity index (χ1v) is 3.22. The Bertz CT molecular complexity index is 313. The van der Waals surface area contributed by atoms with Crippen molar-refractivity contribution in [2.45, 2.75) is 5.92 Å². The van der Waals surface area contributed by atoms with E-state index in [2.05, 4.69) is 0 Å². The lowest BCUT2D eigenvalue weighted by molar-refractivity contribution is -0.114. The first-order chi connectivity index (χ1) is 5.80. The van der Waals surface area contributed by atoms with Gasteiger partial charge in [0, 0.05) is 0 Å². The number of hydrogen-bond acceptors (Lipinski definition) is 1. The zero-order valence-corrected chi connectivity index (χ0v) is 6.43. The average Bonchev–Trinajstić information content (AvgIpc) is 2.09. The Labute approximate surface area is 73.5 Å². The number of Topliss-reactive ketones (excluding diaryl/α,β-unsaturated/α-hetero) is 1. The normalized spacial score (nSPS) is 22.8. The largest absolute Gasteiger partial charge is 0.354 e. The van der Waals surface area contributed by atoms with Crippen LogP contribution < -0.4 is 0 Å². The first kappa shape index (κ1) is 10.2. The van der Waals surface area contributed by atoms with E-state index < -0.39 is 34.2 Å². The quantitative estimate of drug-likeness (QED) is 0.572. The van der Waals surface area contributed by atoms with Crippen LogP contribution in [-0.4, -0.2) is 11.7 Å². The zero-order chi connectivity index (χ0) is 10.4. The van der Waals surface area contributed by atoms with Gasteiger partial charge in [0.05, 0.1) is 0 Å². The Balaban J connectivity index is 3.39. The van der Waals surface area contributed by atoms with E-state index in [9.17, 15) is 26.7 Å². The lowest BCUT2D eigenvalue weighted by atomic mass is 10.1. The van der Waals surface area contributed by atoms with Gasteiger partial charge in [-0.1, -0.05) is 11.6 Å². The summed E-state index contributed by atoms with van der Waals surface area (Å²) < 4.78 is 61.5. The summed E-state index contributed by atoms with van der Waals surface area (Å²) in [6, 6.07) is 0. The Hall–Kier alpha value is -0.910. The van der Waals surface area contributed by atoms with E-state index in [1.165, 1.54) is 0 Å². The number of ketones is 1. The van der Waals surface area contributed by atoms with E-state index in [4.69, 9.17) is 11.6 Å². The zero-order valence-electron chi connectivity index (χ0n) is 5.68. The Morgan fingerprint density at radius 1 is 1.08 bits per heavy atom. The van der Waals surface area contributed by atoms with E-state index in [0.29, 0.717) is 0 Å². The lowest BCUT2D eigenvalue weighted by Gasteiger charge is -2.17. The molecule has 0 aromatic carbocycles. The summed E-state index contributed by atoms with van der Waals surface area (Å²) in [6.07, 6.45) is 0. The Morgan fingerprint density at radius 3 is 2.00 bits per heavy atom. The van der Waals surface area contributed by atoms with E-state index >= 15 is 0 Å². The highest BCUT2D eigenvalue weighted by atomic mass is 35.5. The molecule has 1 rings (SSSR count). The van der Waals surface area contributed by atoms with Crippen LogP contribution in [-0.2, 0) is 4.79 Å². The van der Waals surface area contributed by atoms with E-state index in [1.807, 2.05) is 0 Å². The fourth-order valence-electron chi connectivity index (χ4n) is 0.668. The molecule has 0 heterocycles. The maximum absolute atomic E-state index is 12.4. The minimum atomic E-state index is -4.78. The van der Waals surface area contributed by atoms with Crippen LogP contribution in [0.2, 0.25) is 0 Å². The maximum Gasteiger partial charge on any atom is 0.354 e. The molecular weight excluding hydrogens is 219 g/mol. The highest BCUT2D eigenvalue weighted by molar-refractivity contribution is 6.45. The Kier molecular flexibility index (Phi) is 2.19. The lowest BCUT2D eigenvalue weighted by Crippen LogP contribution is -2.27. The van der Waals surface area contributed by atoms with Crippen LogP contribution in [0.1, 0.15) is 0 Å². The molecule has 0 aromatic rings. The van der Waals surface area contributed by atoms with Gasteiger partial charge in [0.1, 0.15) is 5.03 Å². The van der Waals surface area contributed by atoms with E-state index in [0.717, 1.165) is 0 Å². The van der Waals surface area contributed by atoms with Crippen molar-refractivity contribution in [2.24, 2.45) is 0 Å². The maximum atomic E-state index is 12.4. The van der Waals surface area contributed by atoms with E-state index in [-0.39, 0.29) is 0 Å². The molecule has 0 atom stereocenters. The number of carbonyl (C=O) groups is 1. The molecule has 1 aliphatic carbocycles. The molecular formula is C6ClF5O. The van der Waals surface area contributed by atoms with Gasteiger partial charge >= 0.3 is 5.92 Å². The topological polar surface area (TPSA) is 17.1 Å². The summed E-state index contributed by atoms with van der Waals surface area (Å²) in [6.45, 7) is 0. The molecule has 13 heavy (non-hydrogen) atoms. The second kappa shape index (κ2) is 2.80. The summed E-state index contributed by atoms with van der Waals surface area (Å²) in [4.78, 5) is 10.4. The van der Waals surface area contributed by atoms with Gasteiger partial charge in [0.25, 0.3) is 0 Å². The number of halogens is 6. The molecule has 1 nitrogen and oxygen atoms in total. The van der Waals surface area contributed by atoms with Crippen molar-refractivity contribution >= 4 is 17.4 Å². The second-order valence-electron chi connectivity index (χ2n) is 2.16. The molecule has 0 aliphatic heterocycles. The standard InChI is InChI=1S/C6ClF5O/c7-1-3(13)2(8)5(10)6(11,12)4(1)9. The predicted octanol–water partition coefficient (Wildman–Crippen LogP) is 2.77. The average molecular weight is 219 g/mol. The second-order valence-corrected chi connectivity index (χ2v) is 2.54. The van der Waals surface area contributed by atoms with Crippen LogP contribution in [0, 0.1) is 0 Å². The van der Waals surface area contributed by atoms with Crippen molar-refractivity contribution in [1.82, 2.24) is 0 Å². The van der Waals surface area contributed by atoms with Crippen LogP contribution >= 0.6 is 11.6 Å². The molecule has 0 aromatic heterocycles. The number of rotatable bonds is 0. The van der Waals surface area contributed by atoms with Crippen molar-refractivity contribution in [3.8, 4) is 0 Å². The highest BCUT2D eigenvalue weighted by Crippen LogP contribution is 2.43. The molecule has 0 saturated heterocycles. The van der Waals surface area contributed by atoms with Gasteiger partial charge in [-0.05, 0) is 0 Å². The number of alkyl halides is 2. The van der Waals surface area contributed by atoms with Gasteiger partial charge in [-0.25, -0.2) is 8.78 Å². The third kappa shape index (κ3) is 1.25. The number of carbonyl (C=O) groups excluding carboxylic acids is 1. The van der Waals surface area contributed by atoms with Gasteiger partial charge in [0.2, 0.25) is 17.4 Å². The SMILES string of the molecule is O=C1C(F)=C(F)C(F)(F)C(F)=C1Cl. The molecule has 0 saturated carbocycles. The summed E-state index contributed by atoms with van der Waals surface area (Å²) >= 11 is 4.70. The summed E-state index contributed by atoms with van der Waals surface area (Å²) in [7, 11) is 0. The van der Waals surface area contributed by atoms with Crippen LogP contribution in [0.3, 0.4) is 0 Å². The third-order valence-electron chi connectivity index (χ3n) is 1.34. The molecule has 0 radical (unpaired) electrons. The smallest absolute Gasteiger partial charge is 0.285 e. The van der Waals surface area contributed by atoms with Crippen molar-refractivity contribution in [2.75, 3.05) is 0 Å². The van der Waals surface area contributed by atoms with Gasteiger partial charge in [-0.3, -0.25) is 4.79 Å². The molecule has 72 valence electrons. The minimum absolute atomic E-state index is 1.64. The molecule has 7 heteroatoms. The fourth-order valence-corrected chi connectivity index (χ4v) is 0.869. The third-order valence-corrected chi connectivity index (χ3v) is 1.67. The summed E-state index contributed by atoms with van der Waals surface area (Å²) in [5.74, 6) is -14.3. The van der Waals surface area contributed by atoms with Crippen molar-refractivity contribution < 1.29 is 26.7 Å². The van der Waals surface area contributed by atoms with Crippen molar-refractivity contribution in [3.05, 3.63) is 22.5 Å². The van der Waals surface area contributed by atoms with Gasteiger partial charge in [-0.2, -0.15) is 13.2 Å². The molecule has 0 amide bonds. The van der Waals surface area contributed by atoms with E-state index in [1.54, 1.807) is 0 Å². The molecule has 0 N–H and O–H groups in total. The Morgan fingerprint density at radius 2 is 1.54 bits per heavy atom. The van der Waals surface area contributed by atoms with Gasteiger partial charge in [0.15, 0.2) is 5.83 Å². The van der Waals surface area contributed by atoms with Crippen LogP contribution in [0.5, 0.6) is 0 Å². The fraction of sp³-hybridized carbons (Fsp3) is 0.167. The van der Waals surface area contributed by atoms with Crippen LogP contribution in [0.4, 0.5) is 22.0 Å². The van der Waals surface area contributed by atoms with Gasteiger partial charge < -0.3 is 0 Å². The van der Waals surface area contributed by atoms with Crippen LogP contribution in [0.15, 0.2) is 22.5 Å². The summed E-state index contributed by atoms with van der Waals surface area (Å²) in [5.41, 5.74) is 0. The molecule has 0 fully saturated rings. The monoisotopic (exact) mass is 218 g/mol. The number of allylic oxidation sites excluding steroid dienone is 4. The molecule has 0 spiro atoms. The molecule has 0 bridgehead atoms. The van der Waals surface area contributed by atoms with Crippen molar-refractivity contribution in [1.29, 1.82) is 0 Å². The first-order valence-electron chi connectivity index (χ1n) is 2.84. The molecule has 1 aliphatic rings. The number of hydrogen-bond donors (Lipinski definition) is 0. The molecule has 0 unspecified atom stereocenters. The van der Waals surface area contributed by atoms with Crippen LogP contribution in [0.25, 0.3) is 0 Å².